The standard InChI is InChI=1S/C10H14N2/c1-8-4-3-5-10-9(8)6-12(2)7-11-10/h3-5,11H,6-7H2,1-2H3. The Morgan fingerprint density at radius 1 is 1.42 bits per heavy atom. The maximum atomic E-state index is 3.38. The van der Waals surface area contributed by atoms with Crippen LogP contribution in [0.3, 0.4) is 0 Å². The number of nitrogens with zero attached hydrogens (tertiary/aromatic N) is 1. The molecule has 0 spiro atoms. The van der Waals surface area contributed by atoms with Gasteiger partial charge in [0.05, 0.1) is 6.67 Å². The van der Waals surface area contributed by atoms with Gasteiger partial charge < -0.3 is 5.32 Å². The first kappa shape index (κ1) is 7.62. The van der Waals surface area contributed by atoms with E-state index < -0.39 is 0 Å². The predicted octanol–water partition coefficient (Wildman–Crippen LogP) is 1.81. The molecule has 0 atom stereocenters. The molecule has 0 bridgehead atoms. The number of fused-ring (bicyclic) bond motifs is 1. The van der Waals surface area contributed by atoms with Crippen molar-refractivity contribution in [3.8, 4) is 0 Å². The second kappa shape index (κ2) is 2.79. The van der Waals surface area contributed by atoms with Crippen molar-refractivity contribution in [1.29, 1.82) is 0 Å². The predicted molar refractivity (Wildman–Crippen MR) is 51.1 cm³/mol. The molecule has 0 radical (unpaired) electrons. The van der Waals surface area contributed by atoms with E-state index in [2.05, 4.69) is 42.4 Å². The van der Waals surface area contributed by atoms with Crippen LogP contribution in [0.25, 0.3) is 0 Å². The average Bonchev–Trinajstić information content (AvgIpc) is 2.07. The minimum absolute atomic E-state index is 0.955. The molecule has 1 heterocycles. The summed E-state index contributed by atoms with van der Waals surface area (Å²) < 4.78 is 0. The quantitative estimate of drug-likeness (QED) is 0.626. The van der Waals surface area contributed by atoms with E-state index in [4.69, 9.17) is 0 Å². The Labute approximate surface area is 73.2 Å². The van der Waals surface area contributed by atoms with Crippen molar-refractivity contribution in [1.82, 2.24) is 4.90 Å². The smallest absolute Gasteiger partial charge is 0.0678 e. The summed E-state index contributed by atoms with van der Waals surface area (Å²) in [7, 11) is 2.13. The molecule has 1 aliphatic heterocycles. The highest BCUT2D eigenvalue weighted by Crippen LogP contribution is 2.23. The zero-order valence-electron chi connectivity index (χ0n) is 7.59. The molecule has 2 heteroatoms. The van der Waals surface area contributed by atoms with Gasteiger partial charge >= 0.3 is 0 Å². The van der Waals surface area contributed by atoms with Crippen LogP contribution in [0.5, 0.6) is 0 Å². The molecule has 0 saturated heterocycles. The van der Waals surface area contributed by atoms with E-state index in [1.54, 1.807) is 0 Å². The number of benzene rings is 1. The van der Waals surface area contributed by atoms with Gasteiger partial charge in [-0.1, -0.05) is 12.1 Å². The molecular formula is C10H14N2. The first-order valence-corrected chi connectivity index (χ1v) is 4.28. The lowest BCUT2D eigenvalue weighted by Gasteiger charge is -2.27. The van der Waals surface area contributed by atoms with Gasteiger partial charge in [-0.15, -0.1) is 0 Å². The highest BCUT2D eigenvalue weighted by molar-refractivity contribution is 5.55. The first-order chi connectivity index (χ1) is 5.77. The zero-order chi connectivity index (χ0) is 8.55. The lowest BCUT2D eigenvalue weighted by Crippen LogP contribution is -2.30. The van der Waals surface area contributed by atoms with Gasteiger partial charge in [0, 0.05) is 12.2 Å². The summed E-state index contributed by atoms with van der Waals surface area (Å²) in [4.78, 5) is 2.27. The summed E-state index contributed by atoms with van der Waals surface area (Å²) in [5, 5.41) is 3.38. The number of anilines is 1. The second-order valence-corrected chi connectivity index (χ2v) is 3.45. The molecule has 64 valence electrons. The third kappa shape index (κ3) is 1.18. The molecule has 2 nitrogen and oxygen atoms in total. The van der Waals surface area contributed by atoms with Crippen LogP contribution in [-0.4, -0.2) is 18.6 Å². The first-order valence-electron chi connectivity index (χ1n) is 4.28. The van der Waals surface area contributed by atoms with Crippen LogP contribution in [0.2, 0.25) is 0 Å². The van der Waals surface area contributed by atoms with Crippen molar-refractivity contribution in [3.05, 3.63) is 29.3 Å². The molecule has 0 fully saturated rings. The van der Waals surface area contributed by atoms with Gasteiger partial charge in [-0.2, -0.15) is 0 Å². The van der Waals surface area contributed by atoms with Crippen LogP contribution in [0.4, 0.5) is 5.69 Å². The molecule has 2 rings (SSSR count). The van der Waals surface area contributed by atoms with Crippen molar-refractivity contribution in [2.24, 2.45) is 0 Å². The topological polar surface area (TPSA) is 15.3 Å². The van der Waals surface area contributed by atoms with Crippen molar-refractivity contribution >= 4 is 5.69 Å². The Kier molecular flexibility index (Phi) is 1.77. The Balaban J connectivity index is 2.43. The lowest BCUT2D eigenvalue weighted by atomic mass is 10.0. The minimum Gasteiger partial charge on any atom is -0.372 e. The fourth-order valence-corrected chi connectivity index (χ4v) is 1.62. The van der Waals surface area contributed by atoms with E-state index in [0.29, 0.717) is 0 Å². The maximum Gasteiger partial charge on any atom is 0.0678 e. The molecule has 0 aliphatic carbocycles. The molecule has 0 aromatic heterocycles. The molecule has 0 saturated carbocycles. The summed E-state index contributed by atoms with van der Waals surface area (Å²) in [5.41, 5.74) is 4.12. The molecule has 1 aromatic rings. The number of aryl methyl sites for hydroxylation is 1. The van der Waals surface area contributed by atoms with E-state index >= 15 is 0 Å². The SMILES string of the molecule is Cc1cccc2c1CN(C)CN2. The Bertz CT molecular complexity index is 294. The zero-order valence-corrected chi connectivity index (χ0v) is 7.59. The summed E-state index contributed by atoms with van der Waals surface area (Å²) in [6, 6.07) is 6.42. The van der Waals surface area contributed by atoms with Crippen molar-refractivity contribution < 1.29 is 0 Å². The van der Waals surface area contributed by atoms with Gasteiger partial charge in [0.15, 0.2) is 0 Å². The van der Waals surface area contributed by atoms with E-state index in [-0.39, 0.29) is 0 Å². The normalized spacial score (nSPS) is 16.8. The van der Waals surface area contributed by atoms with Crippen LogP contribution in [-0.2, 0) is 6.54 Å². The highest BCUT2D eigenvalue weighted by Gasteiger charge is 2.12. The third-order valence-electron chi connectivity index (χ3n) is 2.38. The van der Waals surface area contributed by atoms with Crippen LogP contribution >= 0.6 is 0 Å². The van der Waals surface area contributed by atoms with E-state index in [9.17, 15) is 0 Å². The Morgan fingerprint density at radius 3 is 3.08 bits per heavy atom. The molecule has 0 amide bonds. The summed E-state index contributed by atoms with van der Waals surface area (Å²) in [5.74, 6) is 0. The lowest BCUT2D eigenvalue weighted by molar-refractivity contribution is 0.339. The molecule has 1 aliphatic rings. The number of hydrogen-bond acceptors (Lipinski definition) is 2. The average molecular weight is 162 g/mol. The van der Waals surface area contributed by atoms with Gasteiger partial charge in [-0.05, 0) is 31.2 Å². The van der Waals surface area contributed by atoms with E-state index in [0.717, 1.165) is 13.2 Å². The van der Waals surface area contributed by atoms with Gasteiger partial charge in [-0.25, -0.2) is 0 Å². The number of rotatable bonds is 0. The van der Waals surface area contributed by atoms with E-state index in [1.807, 2.05) is 0 Å². The van der Waals surface area contributed by atoms with Crippen molar-refractivity contribution in [3.63, 3.8) is 0 Å². The molecule has 12 heavy (non-hydrogen) atoms. The van der Waals surface area contributed by atoms with Crippen molar-refractivity contribution in [2.45, 2.75) is 13.5 Å². The minimum atomic E-state index is 0.955. The van der Waals surface area contributed by atoms with Crippen LogP contribution in [0, 0.1) is 6.92 Å². The van der Waals surface area contributed by atoms with Crippen LogP contribution < -0.4 is 5.32 Å². The maximum absolute atomic E-state index is 3.38. The summed E-state index contributed by atoms with van der Waals surface area (Å²) in [6.45, 7) is 4.19. The Morgan fingerprint density at radius 2 is 2.25 bits per heavy atom. The number of nitrogens with one attached hydrogen (secondary N) is 1. The van der Waals surface area contributed by atoms with Crippen molar-refractivity contribution in [2.75, 3.05) is 19.0 Å². The van der Waals surface area contributed by atoms with E-state index in [1.165, 1.54) is 16.8 Å². The fraction of sp³-hybridized carbons (Fsp3) is 0.400. The van der Waals surface area contributed by atoms with Gasteiger partial charge in [-0.3, -0.25) is 4.90 Å². The van der Waals surface area contributed by atoms with Crippen LogP contribution in [0.1, 0.15) is 11.1 Å². The molecule has 1 aromatic carbocycles. The Hall–Kier alpha value is -1.02. The van der Waals surface area contributed by atoms with Gasteiger partial charge in [0.1, 0.15) is 0 Å². The number of hydrogen-bond donors (Lipinski definition) is 1. The second-order valence-electron chi connectivity index (χ2n) is 3.45. The monoisotopic (exact) mass is 162 g/mol. The van der Waals surface area contributed by atoms with Gasteiger partial charge in [0.2, 0.25) is 0 Å². The molecule has 0 unspecified atom stereocenters. The summed E-state index contributed by atoms with van der Waals surface area (Å²) in [6.07, 6.45) is 0. The largest absolute Gasteiger partial charge is 0.372 e. The molecular weight excluding hydrogens is 148 g/mol. The molecule has 1 N–H and O–H groups in total. The highest BCUT2D eigenvalue weighted by atomic mass is 15.2. The summed E-state index contributed by atoms with van der Waals surface area (Å²) >= 11 is 0. The third-order valence-corrected chi connectivity index (χ3v) is 2.38. The van der Waals surface area contributed by atoms with Crippen LogP contribution in [0.15, 0.2) is 18.2 Å². The van der Waals surface area contributed by atoms with Gasteiger partial charge in [0.25, 0.3) is 0 Å². The fourth-order valence-electron chi connectivity index (χ4n) is 1.62.